The number of sulfonamides is 1. The van der Waals surface area contributed by atoms with E-state index in [4.69, 9.17) is 4.74 Å². The molecule has 2 aromatic rings. The van der Waals surface area contributed by atoms with Gasteiger partial charge in [-0.3, -0.25) is 13.9 Å². The van der Waals surface area contributed by atoms with E-state index in [0.717, 1.165) is 28.1 Å². The van der Waals surface area contributed by atoms with Crippen LogP contribution >= 0.6 is 0 Å². The van der Waals surface area contributed by atoms with Crippen molar-refractivity contribution >= 4 is 27.5 Å². The van der Waals surface area contributed by atoms with Crippen LogP contribution in [-0.2, 0) is 26.2 Å². The number of ether oxygens (including phenoxy) is 1. The summed E-state index contributed by atoms with van der Waals surface area (Å²) in [5.41, 5.74) is 2.08. The zero-order valence-corrected chi connectivity index (χ0v) is 21.4. The number of benzene rings is 2. The number of methoxy groups -OCH3 is 1. The molecule has 186 valence electrons. The highest BCUT2D eigenvalue weighted by atomic mass is 32.2. The van der Waals surface area contributed by atoms with Gasteiger partial charge in [-0.2, -0.15) is 0 Å². The molecule has 34 heavy (non-hydrogen) atoms. The van der Waals surface area contributed by atoms with E-state index in [1.807, 2.05) is 39.0 Å². The van der Waals surface area contributed by atoms with E-state index >= 15 is 0 Å². The number of amides is 2. The van der Waals surface area contributed by atoms with E-state index in [2.05, 4.69) is 5.32 Å². The van der Waals surface area contributed by atoms with Crippen LogP contribution in [0, 0.1) is 6.92 Å². The average Bonchev–Trinajstić information content (AvgIpc) is 2.80. The van der Waals surface area contributed by atoms with Crippen molar-refractivity contribution in [3.63, 3.8) is 0 Å². The fraction of sp³-hybridized carbons (Fsp3) is 0.440. The minimum atomic E-state index is -3.74. The van der Waals surface area contributed by atoms with Gasteiger partial charge in [-0.1, -0.05) is 38.1 Å². The number of carbonyl (C=O) groups excluding carboxylic acids is 2. The van der Waals surface area contributed by atoms with Crippen molar-refractivity contribution in [2.45, 2.75) is 46.2 Å². The third kappa shape index (κ3) is 7.48. The first-order valence-electron chi connectivity index (χ1n) is 11.3. The van der Waals surface area contributed by atoms with Crippen LogP contribution in [0.5, 0.6) is 5.75 Å². The highest BCUT2D eigenvalue weighted by Gasteiger charge is 2.31. The Morgan fingerprint density at radius 3 is 2.29 bits per heavy atom. The predicted molar refractivity (Wildman–Crippen MR) is 134 cm³/mol. The maximum Gasteiger partial charge on any atom is 0.244 e. The van der Waals surface area contributed by atoms with Gasteiger partial charge in [0.1, 0.15) is 18.3 Å². The van der Waals surface area contributed by atoms with Gasteiger partial charge >= 0.3 is 0 Å². The molecule has 0 heterocycles. The molecule has 0 aliphatic rings. The molecule has 0 spiro atoms. The summed E-state index contributed by atoms with van der Waals surface area (Å²) >= 11 is 0. The van der Waals surface area contributed by atoms with Crippen molar-refractivity contribution in [1.29, 1.82) is 0 Å². The lowest BCUT2D eigenvalue weighted by Crippen LogP contribution is -2.52. The number of hydrogen-bond donors (Lipinski definition) is 1. The largest absolute Gasteiger partial charge is 0.497 e. The average molecular weight is 490 g/mol. The molecular formula is C25H35N3O5S. The SMILES string of the molecule is CCCNC(=O)C(CC)N(Cc1ccc(OC)cc1)C(=O)CN(c1cccc(C)c1)S(C)(=O)=O. The molecule has 0 saturated carbocycles. The quantitative estimate of drug-likeness (QED) is 0.494. The summed E-state index contributed by atoms with van der Waals surface area (Å²) < 4.78 is 31.5. The number of anilines is 1. The van der Waals surface area contributed by atoms with E-state index in [1.165, 1.54) is 4.90 Å². The van der Waals surface area contributed by atoms with Gasteiger partial charge in [0.2, 0.25) is 21.8 Å². The van der Waals surface area contributed by atoms with Crippen LogP contribution in [0.15, 0.2) is 48.5 Å². The fourth-order valence-corrected chi connectivity index (χ4v) is 4.45. The second kappa shape index (κ2) is 12.4. The second-order valence-corrected chi connectivity index (χ2v) is 10.1. The van der Waals surface area contributed by atoms with Crippen LogP contribution in [0.2, 0.25) is 0 Å². The van der Waals surface area contributed by atoms with Crippen molar-refractivity contribution in [3.8, 4) is 5.75 Å². The fourth-order valence-electron chi connectivity index (χ4n) is 3.61. The van der Waals surface area contributed by atoms with Crippen molar-refractivity contribution in [3.05, 3.63) is 59.7 Å². The maximum absolute atomic E-state index is 13.6. The Kier molecular flexibility index (Phi) is 9.92. The van der Waals surface area contributed by atoms with Crippen LogP contribution in [0.4, 0.5) is 5.69 Å². The van der Waals surface area contributed by atoms with Gasteiger partial charge in [-0.25, -0.2) is 8.42 Å². The number of aryl methyl sites for hydroxylation is 1. The number of nitrogens with zero attached hydrogens (tertiary/aromatic N) is 2. The van der Waals surface area contributed by atoms with Crippen molar-refractivity contribution in [2.24, 2.45) is 0 Å². The molecule has 1 unspecified atom stereocenters. The molecule has 2 rings (SSSR count). The van der Waals surface area contributed by atoms with E-state index in [-0.39, 0.29) is 12.5 Å². The Bertz CT molecular complexity index is 1070. The van der Waals surface area contributed by atoms with E-state index in [1.54, 1.807) is 37.4 Å². The Morgan fingerprint density at radius 1 is 1.09 bits per heavy atom. The summed E-state index contributed by atoms with van der Waals surface area (Å²) in [5.74, 6) is -0.0361. The lowest BCUT2D eigenvalue weighted by molar-refractivity contribution is -0.140. The normalized spacial score (nSPS) is 12.0. The molecule has 9 heteroatoms. The summed E-state index contributed by atoms with van der Waals surface area (Å²) in [6, 6.07) is 13.4. The van der Waals surface area contributed by atoms with E-state index < -0.39 is 28.5 Å². The first kappa shape index (κ1) is 27.2. The Balaban J connectivity index is 2.41. The van der Waals surface area contributed by atoms with Crippen molar-refractivity contribution in [2.75, 3.05) is 30.8 Å². The lowest BCUT2D eigenvalue weighted by Gasteiger charge is -2.33. The van der Waals surface area contributed by atoms with Crippen LogP contribution < -0.4 is 14.4 Å². The van der Waals surface area contributed by atoms with Gasteiger partial charge in [-0.05, 0) is 55.2 Å². The first-order valence-corrected chi connectivity index (χ1v) is 13.2. The molecule has 1 N–H and O–H groups in total. The van der Waals surface area contributed by atoms with Gasteiger partial charge in [0.15, 0.2) is 0 Å². The molecule has 0 aliphatic heterocycles. The summed E-state index contributed by atoms with van der Waals surface area (Å²) in [7, 11) is -2.17. The highest BCUT2D eigenvalue weighted by Crippen LogP contribution is 2.21. The monoisotopic (exact) mass is 489 g/mol. The van der Waals surface area contributed by atoms with Crippen LogP contribution in [-0.4, -0.2) is 57.6 Å². The maximum atomic E-state index is 13.6. The molecule has 8 nitrogen and oxygen atoms in total. The third-order valence-electron chi connectivity index (χ3n) is 5.42. The molecular weight excluding hydrogens is 454 g/mol. The van der Waals surface area contributed by atoms with Gasteiger partial charge < -0.3 is 15.0 Å². The summed E-state index contributed by atoms with van der Waals surface area (Å²) in [5, 5.41) is 2.86. The standard InChI is InChI=1S/C25H35N3O5S/c1-6-15-26-25(30)23(7-2)27(17-20-11-13-22(33-4)14-12-20)24(29)18-28(34(5,31)32)21-10-8-9-19(3)16-21/h8-14,16,23H,6-7,15,17-18H2,1-5H3,(H,26,30). The highest BCUT2D eigenvalue weighted by molar-refractivity contribution is 7.92. The molecule has 0 bridgehead atoms. The molecule has 0 radical (unpaired) electrons. The second-order valence-electron chi connectivity index (χ2n) is 8.19. The smallest absolute Gasteiger partial charge is 0.244 e. The van der Waals surface area contributed by atoms with Crippen LogP contribution in [0.1, 0.15) is 37.8 Å². The van der Waals surface area contributed by atoms with Crippen LogP contribution in [0.25, 0.3) is 0 Å². The molecule has 0 aromatic heterocycles. The van der Waals surface area contributed by atoms with Gasteiger partial charge in [0, 0.05) is 13.1 Å². The summed E-state index contributed by atoms with van der Waals surface area (Å²) in [4.78, 5) is 27.9. The van der Waals surface area contributed by atoms with Crippen molar-refractivity contribution < 1.29 is 22.7 Å². The Hall–Kier alpha value is -3.07. The summed E-state index contributed by atoms with van der Waals surface area (Å²) in [6.45, 7) is 5.89. The molecule has 1 atom stereocenters. The zero-order valence-electron chi connectivity index (χ0n) is 20.6. The third-order valence-corrected chi connectivity index (χ3v) is 6.56. The zero-order chi connectivity index (χ0) is 25.3. The van der Waals surface area contributed by atoms with E-state index in [0.29, 0.717) is 24.4 Å². The Labute approximate surface area is 202 Å². The molecule has 0 fully saturated rings. The minimum Gasteiger partial charge on any atom is -0.497 e. The number of rotatable bonds is 12. The minimum absolute atomic E-state index is 0.159. The van der Waals surface area contributed by atoms with E-state index in [9.17, 15) is 18.0 Å². The molecule has 2 aromatic carbocycles. The predicted octanol–water partition coefficient (Wildman–Crippen LogP) is 3.10. The number of carbonyl (C=O) groups is 2. The van der Waals surface area contributed by atoms with Crippen LogP contribution in [0.3, 0.4) is 0 Å². The summed E-state index contributed by atoms with van der Waals surface area (Å²) in [6.07, 6.45) is 2.23. The number of nitrogens with one attached hydrogen (secondary N) is 1. The lowest BCUT2D eigenvalue weighted by atomic mass is 10.1. The Morgan fingerprint density at radius 2 is 1.76 bits per heavy atom. The topological polar surface area (TPSA) is 96.0 Å². The van der Waals surface area contributed by atoms with Gasteiger partial charge in [0.25, 0.3) is 0 Å². The van der Waals surface area contributed by atoms with Gasteiger partial charge in [-0.15, -0.1) is 0 Å². The number of hydrogen-bond acceptors (Lipinski definition) is 5. The molecule has 2 amide bonds. The molecule has 0 saturated heterocycles. The van der Waals surface area contributed by atoms with Crippen molar-refractivity contribution in [1.82, 2.24) is 10.2 Å². The molecule has 0 aliphatic carbocycles. The first-order chi connectivity index (χ1) is 16.1. The van der Waals surface area contributed by atoms with Gasteiger partial charge in [0.05, 0.1) is 19.1 Å².